The van der Waals surface area contributed by atoms with Crippen molar-refractivity contribution < 1.29 is 5.32 Å². The molecule has 1 aromatic rings. The van der Waals surface area contributed by atoms with Crippen LogP contribution in [-0.2, 0) is 0 Å². The van der Waals surface area contributed by atoms with E-state index in [1.807, 2.05) is 0 Å². The number of benzene rings is 1. The minimum Gasteiger partial charge on any atom is -0.378 e. The number of nitrogens with two attached hydrogens (primary N) is 1. The molecule has 1 aromatic carbocycles. The summed E-state index contributed by atoms with van der Waals surface area (Å²) < 4.78 is 0. The van der Waals surface area contributed by atoms with Crippen LogP contribution in [0.25, 0.3) is 0 Å². The zero-order valence-corrected chi connectivity index (χ0v) is 9.03. The molecule has 0 aliphatic carbocycles. The Balaban J connectivity index is 2.12. The van der Waals surface area contributed by atoms with Gasteiger partial charge in [-0.15, -0.1) is 0 Å². The van der Waals surface area contributed by atoms with Gasteiger partial charge in [0.2, 0.25) is 0 Å². The standard InChI is InChI=1S/C12H18N2/c1-14(2)11-7-5-10(6-8-11)12-4-3-9-13-12/h5-8,12-13H,3-4,9H2,1-2H3/p+1/t12-/m0/s1. The van der Waals surface area contributed by atoms with Gasteiger partial charge in [-0.1, -0.05) is 12.1 Å². The maximum absolute atomic E-state index is 2.45. The molecule has 0 saturated carbocycles. The fourth-order valence-corrected chi connectivity index (χ4v) is 2.10. The van der Waals surface area contributed by atoms with E-state index in [1.165, 1.54) is 30.6 Å². The maximum atomic E-state index is 2.45. The average Bonchev–Trinajstić information content (AvgIpc) is 2.71. The van der Waals surface area contributed by atoms with Crippen molar-refractivity contribution in [3.8, 4) is 0 Å². The summed E-state index contributed by atoms with van der Waals surface area (Å²) in [4.78, 5) is 2.14. The summed E-state index contributed by atoms with van der Waals surface area (Å²) in [6.07, 6.45) is 2.70. The van der Waals surface area contributed by atoms with Crippen LogP contribution in [0.15, 0.2) is 24.3 Å². The van der Waals surface area contributed by atoms with E-state index in [4.69, 9.17) is 0 Å². The molecule has 1 aliphatic heterocycles. The first-order chi connectivity index (χ1) is 6.77. The predicted octanol–water partition coefficient (Wildman–Crippen LogP) is 1.15. The van der Waals surface area contributed by atoms with Crippen LogP contribution < -0.4 is 10.2 Å². The molecule has 2 nitrogen and oxygen atoms in total. The summed E-state index contributed by atoms with van der Waals surface area (Å²) in [5, 5.41) is 2.45. The van der Waals surface area contributed by atoms with Gasteiger partial charge in [-0.05, 0) is 12.1 Å². The molecule has 2 heteroatoms. The highest BCUT2D eigenvalue weighted by molar-refractivity contribution is 5.46. The van der Waals surface area contributed by atoms with Crippen LogP contribution >= 0.6 is 0 Å². The topological polar surface area (TPSA) is 19.9 Å². The van der Waals surface area contributed by atoms with Crippen molar-refractivity contribution in [2.75, 3.05) is 25.5 Å². The molecular formula is C12H19N2+. The molecule has 0 bridgehead atoms. The van der Waals surface area contributed by atoms with Gasteiger partial charge < -0.3 is 10.2 Å². The lowest BCUT2D eigenvalue weighted by atomic mass is 10.1. The van der Waals surface area contributed by atoms with Gasteiger partial charge in [0.05, 0.1) is 6.54 Å². The molecule has 1 saturated heterocycles. The zero-order valence-electron chi connectivity index (χ0n) is 9.03. The Bertz CT molecular complexity index is 284. The summed E-state index contributed by atoms with van der Waals surface area (Å²) in [5.74, 6) is 0. The van der Waals surface area contributed by atoms with Gasteiger partial charge in [0.1, 0.15) is 6.04 Å². The van der Waals surface area contributed by atoms with Gasteiger partial charge in [0.15, 0.2) is 0 Å². The average molecular weight is 191 g/mol. The first-order valence-corrected chi connectivity index (χ1v) is 5.38. The number of hydrogen-bond acceptors (Lipinski definition) is 1. The van der Waals surface area contributed by atoms with Crippen LogP contribution in [0, 0.1) is 0 Å². The number of quaternary nitrogens is 1. The van der Waals surface area contributed by atoms with Gasteiger partial charge in [0, 0.05) is 38.2 Å². The smallest absolute Gasteiger partial charge is 0.112 e. The molecule has 2 N–H and O–H groups in total. The first kappa shape index (κ1) is 9.53. The summed E-state index contributed by atoms with van der Waals surface area (Å²) >= 11 is 0. The van der Waals surface area contributed by atoms with E-state index < -0.39 is 0 Å². The van der Waals surface area contributed by atoms with Crippen molar-refractivity contribution in [1.82, 2.24) is 0 Å². The van der Waals surface area contributed by atoms with Crippen molar-refractivity contribution in [2.45, 2.75) is 18.9 Å². The molecule has 0 amide bonds. The van der Waals surface area contributed by atoms with Crippen LogP contribution in [0.5, 0.6) is 0 Å². The highest BCUT2D eigenvalue weighted by atomic mass is 15.1. The first-order valence-electron chi connectivity index (χ1n) is 5.38. The minimum atomic E-state index is 0.714. The molecule has 1 fully saturated rings. The number of rotatable bonds is 2. The Kier molecular flexibility index (Phi) is 2.73. The normalized spacial score (nSPS) is 21.1. The monoisotopic (exact) mass is 191 g/mol. The van der Waals surface area contributed by atoms with Crippen LogP contribution in [0.1, 0.15) is 24.4 Å². The quantitative estimate of drug-likeness (QED) is 0.743. The number of anilines is 1. The van der Waals surface area contributed by atoms with Gasteiger partial charge in [-0.3, -0.25) is 0 Å². The third-order valence-corrected chi connectivity index (χ3v) is 3.01. The van der Waals surface area contributed by atoms with Gasteiger partial charge in [-0.25, -0.2) is 0 Å². The lowest BCUT2D eigenvalue weighted by Crippen LogP contribution is -2.81. The zero-order chi connectivity index (χ0) is 9.97. The Labute approximate surface area is 85.9 Å². The SMILES string of the molecule is CN(C)c1ccc([C@@H]2CCC[NH2+]2)cc1. The van der Waals surface area contributed by atoms with Gasteiger partial charge in [0.25, 0.3) is 0 Å². The minimum absolute atomic E-state index is 0.714. The molecule has 0 radical (unpaired) electrons. The highest BCUT2D eigenvalue weighted by Crippen LogP contribution is 2.20. The Hall–Kier alpha value is -1.02. The van der Waals surface area contributed by atoms with Gasteiger partial charge >= 0.3 is 0 Å². The highest BCUT2D eigenvalue weighted by Gasteiger charge is 2.19. The lowest BCUT2D eigenvalue weighted by molar-refractivity contribution is -0.676. The van der Waals surface area contributed by atoms with Crippen molar-refractivity contribution >= 4 is 5.69 Å². The van der Waals surface area contributed by atoms with Crippen LogP contribution in [0.2, 0.25) is 0 Å². The van der Waals surface area contributed by atoms with Crippen molar-refractivity contribution in [2.24, 2.45) is 0 Å². The molecule has 0 aromatic heterocycles. The van der Waals surface area contributed by atoms with Gasteiger partial charge in [-0.2, -0.15) is 0 Å². The molecule has 1 atom stereocenters. The summed E-state index contributed by atoms with van der Waals surface area (Å²) in [7, 11) is 4.16. The molecular weight excluding hydrogens is 172 g/mol. The number of hydrogen-bond donors (Lipinski definition) is 1. The Morgan fingerprint density at radius 1 is 1.21 bits per heavy atom. The third-order valence-electron chi connectivity index (χ3n) is 3.01. The maximum Gasteiger partial charge on any atom is 0.112 e. The summed E-state index contributed by atoms with van der Waals surface area (Å²) in [6.45, 7) is 1.29. The summed E-state index contributed by atoms with van der Waals surface area (Å²) in [6, 6.07) is 9.67. The molecule has 14 heavy (non-hydrogen) atoms. The molecule has 0 unspecified atom stereocenters. The van der Waals surface area contributed by atoms with Crippen molar-refractivity contribution in [3.63, 3.8) is 0 Å². The van der Waals surface area contributed by atoms with E-state index in [2.05, 4.69) is 48.6 Å². The van der Waals surface area contributed by atoms with E-state index in [9.17, 15) is 0 Å². The van der Waals surface area contributed by atoms with Crippen molar-refractivity contribution in [3.05, 3.63) is 29.8 Å². The lowest BCUT2D eigenvalue weighted by Gasteiger charge is -2.13. The Morgan fingerprint density at radius 2 is 1.93 bits per heavy atom. The second kappa shape index (κ2) is 4.01. The molecule has 1 aliphatic rings. The van der Waals surface area contributed by atoms with E-state index in [0.29, 0.717) is 6.04 Å². The van der Waals surface area contributed by atoms with E-state index in [-0.39, 0.29) is 0 Å². The second-order valence-electron chi connectivity index (χ2n) is 4.26. The summed E-state index contributed by atoms with van der Waals surface area (Å²) in [5.41, 5.74) is 2.76. The fraction of sp³-hybridized carbons (Fsp3) is 0.500. The van der Waals surface area contributed by atoms with Crippen LogP contribution in [0.4, 0.5) is 5.69 Å². The number of nitrogens with zero attached hydrogens (tertiary/aromatic N) is 1. The van der Waals surface area contributed by atoms with Crippen LogP contribution in [-0.4, -0.2) is 20.6 Å². The molecule has 0 spiro atoms. The third kappa shape index (κ3) is 1.90. The van der Waals surface area contributed by atoms with E-state index in [1.54, 1.807) is 0 Å². The molecule has 76 valence electrons. The van der Waals surface area contributed by atoms with E-state index >= 15 is 0 Å². The van der Waals surface area contributed by atoms with Crippen molar-refractivity contribution in [1.29, 1.82) is 0 Å². The molecule has 2 rings (SSSR count). The Morgan fingerprint density at radius 3 is 2.43 bits per heavy atom. The molecule has 1 heterocycles. The van der Waals surface area contributed by atoms with E-state index in [0.717, 1.165) is 0 Å². The largest absolute Gasteiger partial charge is 0.378 e. The predicted molar refractivity (Wildman–Crippen MR) is 59.5 cm³/mol. The van der Waals surface area contributed by atoms with Crippen LogP contribution in [0.3, 0.4) is 0 Å². The second-order valence-corrected chi connectivity index (χ2v) is 4.26. The fourth-order valence-electron chi connectivity index (χ4n) is 2.10.